The van der Waals surface area contributed by atoms with Gasteiger partial charge in [-0.15, -0.1) is 0 Å². The number of anilines is 1. The molecule has 0 fully saturated rings. The van der Waals surface area contributed by atoms with Crippen LogP contribution >= 0.6 is 0 Å². The van der Waals surface area contributed by atoms with Crippen molar-refractivity contribution in [2.75, 3.05) is 19.0 Å². The van der Waals surface area contributed by atoms with Crippen molar-refractivity contribution in [3.05, 3.63) is 24.3 Å². The molecule has 1 rings (SSSR count). The largest absolute Gasteiger partial charge is 0.447 e. The minimum Gasteiger partial charge on any atom is -0.378 e. The maximum absolute atomic E-state index is 13.5. The van der Waals surface area contributed by atoms with Crippen LogP contribution in [0.3, 0.4) is 0 Å². The van der Waals surface area contributed by atoms with Crippen LogP contribution in [0.25, 0.3) is 0 Å². The van der Waals surface area contributed by atoms with Gasteiger partial charge in [0, 0.05) is 19.8 Å². The van der Waals surface area contributed by atoms with Crippen LogP contribution in [0, 0.1) is 0 Å². The van der Waals surface area contributed by atoms with Crippen molar-refractivity contribution in [2.45, 2.75) is 15.4 Å². The van der Waals surface area contributed by atoms with Gasteiger partial charge in [0.2, 0.25) is 0 Å². The Labute approximate surface area is 124 Å². The lowest BCUT2D eigenvalue weighted by Gasteiger charge is -2.23. The average molecular weight is 365 g/mol. The Morgan fingerprint density at radius 2 is 1.32 bits per heavy atom. The molecule has 0 aromatic heterocycles. The summed E-state index contributed by atoms with van der Waals surface area (Å²) in [4.78, 5) is 0.271. The fourth-order valence-corrected chi connectivity index (χ4v) is 3.43. The lowest BCUT2D eigenvalue weighted by Crippen LogP contribution is -2.51. The zero-order valence-corrected chi connectivity index (χ0v) is 12.8. The van der Waals surface area contributed by atoms with Crippen molar-refractivity contribution in [2.24, 2.45) is 0 Å². The monoisotopic (exact) mass is 365 g/mol. The second-order valence-electron chi connectivity index (χ2n) is 4.40. The van der Waals surface area contributed by atoms with Gasteiger partial charge in [-0.05, 0) is 24.3 Å². The Hall–Kier alpha value is -1.40. The van der Waals surface area contributed by atoms with E-state index in [1.807, 2.05) is 0 Å². The zero-order valence-electron chi connectivity index (χ0n) is 11.2. The fourth-order valence-electron chi connectivity index (χ4n) is 1.38. The first kappa shape index (κ1) is 18.6. The van der Waals surface area contributed by atoms with Crippen molar-refractivity contribution in [3.63, 3.8) is 0 Å². The molecule has 0 amide bonds. The smallest absolute Gasteiger partial charge is 0.378 e. The lowest BCUT2D eigenvalue weighted by atomic mass is 10.3. The van der Waals surface area contributed by atoms with Gasteiger partial charge in [0.1, 0.15) is 0 Å². The zero-order chi connectivity index (χ0) is 17.6. The molecule has 0 aliphatic heterocycles. The number of hydrogen-bond acceptors (Lipinski definition) is 5. The quantitative estimate of drug-likeness (QED) is 0.630. The maximum atomic E-state index is 13.5. The first-order valence-electron chi connectivity index (χ1n) is 5.41. The van der Waals surface area contributed by atoms with E-state index in [-0.39, 0.29) is 0 Å². The first-order chi connectivity index (χ1) is 9.66. The van der Waals surface area contributed by atoms with E-state index in [1.54, 1.807) is 14.1 Å². The van der Waals surface area contributed by atoms with Gasteiger partial charge < -0.3 is 4.90 Å². The van der Waals surface area contributed by atoms with Crippen LogP contribution in [0.5, 0.6) is 0 Å². The summed E-state index contributed by atoms with van der Waals surface area (Å²) in [6.45, 7) is 0. The van der Waals surface area contributed by atoms with Crippen LogP contribution in [0.4, 0.5) is 23.2 Å². The number of rotatable bonds is 5. The first-order valence-corrected chi connectivity index (χ1v) is 8.33. The highest BCUT2D eigenvalue weighted by Gasteiger charge is 2.73. The third-order valence-corrected chi connectivity index (χ3v) is 5.52. The van der Waals surface area contributed by atoms with Gasteiger partial charge in [0.05, 0.1) is 4.90 Å². The Bertz CT molecular complexity index is 757. The molecule has 22 heavy (non-hydrogen) atoms. The molecule has 1 aromatic carbocycles. The Morgan fingerprint density at radius 3 is 1.64 bits per heavy atom. The van der Waals surface area contributed by atoms with E-state index in [4.69, 9.17) is 4.55 Å². The molecule has 126 valence electrons. The Kier molecular flexibility index (Phi) is 4.54. The molecule has 0 aliphatic rings. The molecule has 6 nitrogen and oxygen atoms in total. The van der Waals surface area contributed by atoms with Crippen molar-refractivity contribution >= 4 is 25.6 Å². The van der Waals surface area contributed by atoms with Gasteiger partial charge in [0.15, 0.2) is 0 Å². The summed E-state index contributed by atoms with van der Waals surface area (Å²) in [5.41, 5.74) is 0.392. The molecule has 12 heteroatoms. The topological polar surface area (TPSA) is 91.8 Å². The molecule has 1 aromatic rings. The molecule has 0 spiro atoms. The molecular weight excluding hydrogens is 354 g/mol. The van der Waals surface area contributed by atoms with Gasteiger partial charge in [0.25, 0.3) is 9.84 Å². The van der Waals surface area contributed by atoms with E-state index in [0.29, 0.717) is 17.8 Å². The van der Waals surface area contributed by atoms with Crippen LogP contribution in [0.2, 0.25) is 0 Å². The highest BCUT2D eigenvalue weighted by atomic mass is 32.2. The number of benzene rings is 1. The van der Waals surface area contributed by atoms with E-state index in [1.165, 1.54) is 4.90 Å². The fraction of sp³-hybridized carbons (Fsp3) is 0.400. The number of alkyl halides is 4. The average Bonchev–Trinajstić information content (AvgIpc) is 2.37. The van der Waals surface area contributed by atoms with E-state index in [0.717, 1.165) is 12.1 Å². The van der Waals surface area contributed by atoms with Crippen molar-refractivity contribution in [1.29, 1.82) is 0 Å². The number of hydrogen-bond donors (Lipinski definition) is 1. The summed E-state index contributed by atoms with van der Waals surface area (Å²) in [6.07, 6.45) is 0. The third kappa shape index (κ3) is 2.77. The summed E-state index contributed by atoms with van der Waals surface area (Å²) in [5, 5.41) is -12.2. The standard InChI is InChI=1S/C10H11F4NO5S2/c1-15(2)7-3-5-8(6-4-7)21(16,17)9(11,12)10(13,14)22(18,19)20/h3-6H,1-2H3,(H,18,19,20). The lowest BCUT2D eigenvalue weighted by molar-refractivity contribution is -0.101. The SMILES string of the molecule is CN(C)c1ccc(S(=O)(=O)C(F)(F)C(F)(F)S(=O)(=O)O)cc1. The summed E-state index contributed by atoms with van der Waals surface area (Å²) in [7, 11) is -9.59. The van der Waals surface area contributed by atoms with E-state index < -0.39 is 35.4 Å². The van der Waals surface area contributed by atoms with Crippen LogP contribution in [0.15, 0.2) is 29.2 Å². The van der Waals surface area contributed by atoms with Crippen LogP contribution in [0.1, 0.15) is 0 Å². The van der Waals surface area contributed by atoms with Crippen molar-refractivity contribution < 1.29 is 39.0 Å². The van der Waals surface area contributed by atoms with Crippen molar-refractivity contribution in [1.82, 2.24) is 0 Å². The summed E-state index contributed by atoms with van der Waals surface area (Å²) in [5.74, 6) is 0. The molecule has 0 saturated heterocycles. The van der Waals surface area contributed by atoms with Crippen LogP contribution in [-0.4, -0.2) is 46.0 Å². The highest BCUT2D eigenvalue weighted by Crippen LogP contribution is 2.45. The molecule has 0 heterocycles. The third-order valence-electron chi connectivity index (χ3n) is 2.66. The van der Waals surface area contributed by atoms with Crippen molar-refractivity contribution in [3.8, 4) is 0 Å². The predicted molar refractivity (Wildman–Crippen MR) is 69.4 cm³/mol. The van der Waals surface area contributed by atoms with E-state index >= 15 is 0 Å². The van der Waals surface area contributed by atoms with Gasteiger partial charge in [-0.1, -0.05) is 0 Å². The van der Waals surface area contributed by atoms with Gasteiger partial charge in [-0.3, -0.25) is 4.55 Å². The minimum absolute atomic E-state index is 0.392. The number of halogens is 4. The van der Waals surface area contributed by atoms with E-state index in [2.05, 4.69) is 0 Å². The normalized spacial score (nSPS) is 14.0. The molecule has 0 bridgehead atoms. The summed E-state index contributed by atoms with van der Waals surface area (Å²) < 4.78 is 105. The van der Waals surface area contributed by atoms with Gasteiger partial charge in [-0.25, -0.2) is 8.42 Å². The van der Waals surface area contributed by atoms with E-state index in [9.17, 15) is 34.4 Å². The number of nitrogens with zero attached hydrogens (tertiary/aromatic N) is 1. The maximum Gasteiger partial charge on any atom is 0.447 e. The molecule has 0 aliphatic carbocycles. The Balaban J connectivity index is 3.46. The molecule has 0 radical (unpaired) electrons. The molecule has 1 N–H and O–H groups in total. The van der Waals surface area contributed by atoms with Crippen LogP contribution < -0.4 is 4.90 Å². The minimum atomic E-state index is -6.64. The molecule has 0 unspecified atom stereocenters. The second kappa shape index (κ2) is 5.35. The second-order valence-corrected chi connectivity index (χ2v) is 7.85. The van der Waals surface area contributed by atoms with Crippen LogP contribution in [-0.2, 0) is 20.0 Å². The molecule has 0 saturated carbocycles. The number of sulfone groups is 1. The predicted octanol–water partition coefficient (Wildman–Crippen LogP) is 1.60. The highest BCUT2D eigenvalue weighted by molar-refractivity contribution is 7.94. The molecular formula is C10H11F4NO5S2. The summed E-state index contributed by atoms with van der Waals surface area (Å²) in [6, 6.07) is 3.38. The van der Waals surface area contributed by atoms with Gasteiger partial charge >= 0.3 is 20.6 Å². The molecule has 0 atom stereocenters. The Morgan fingerprint density at radius 1 is 0.909 bits per heavy atom. The van der Waals surface area contributed by atoms with Gasteiger partial charge in [-0.2, -0.15) is 26.0 Å². The summed E-state index contributed by atoms with van der Waals surface area (Å²) >= 11 is 0.